The van der Waals surface area contributed by atoms with E-state index in [2.05, 4.69) is 20.3 Å². The van der Waals surface area contributed by atoms with Crippen LogP contribution in [0.5, 0.6) is 0 Å². The minimum atomic E-state index is -0.292. The molecule has 8 heteroatoms. The second-order valence-corrected chi connectivity index (χ2v) is 5.56. The van der Waals surface area contributed by atoms with Crippen LogP contribution in [0.2, 0.25) is 0 Å². The summed E-state index contributed by atoms with van der Waals surface area (Å²) in [4.78, 5) is 38.1. The number of piperidine rings is 1. The van der Waals surface area contributed by atoms with Crippen LogP contribution in [0.1, 0.15) is 30.1 Å². The number of likely N-dealkylation sites (tertiary alicyclic amines) is 1. The van der Waals surface area contributed by atoms with Crippen molar-refractivity contribution in [1.82, 2.24) is 25.2 Å². The van der Waals surface area contributed by atoms with Crippen molar-refractivity contribution in [3.05, 3.63) is 30.2 Å². The molecule has 0 aromatic carbocycles. The Hall–Kier alpha value is -2.77. The molecule has 8 nitrogen and oxygen atoms in total. The summed E-state index contributed by atoms with van der Waals surface area (Å²) in [6, 6.07) is 1.71. The number of rotatable bonds is 3. The number of hydrogen-bond acceptors (Lipinski definition) is 6. The van der Waals surface area contributed by atoms with Crippen LogP contribution in [-0.4, -0.2) is 57.6 Å². The summed E-state index contributed by atoms with van der Waals surface area (Å²) in [6.07, 6.45) is 5.74. The summed E-state index contributed by atoms with van der Waals surface area (Å²) in [5.41, 5.74) is 1.55. The fourth-order valence-electron chi connectivity index (χ4n) is 2.67. The van der Waals surface area contributed by atoms with Crippen molar-refractivity contribution in [3.63, 3.8) is 0 Å². The molecule has 1 aliphatic rings. The van der Waals surface area contributed by atoms with E-state index in [0.717, 1.165) is 0 Å². The number of carbonyl (C=O) groups excluding carboxylic acids is 2. The highest BCUT2D eigenvalue weighted by Crippen LogP contribution is 2.13. The highest BCUT2D eigenvalue weighted by molar-refractivity contribution is 5.96. The maximum atomic E-state index is 12.4. The lowest BCUT2D eigenvalue weighted by atomic mass is 10.0. The fraction of sp³-hybridized carbons (Fsp3) is 0.438. The molecule has 1 fully saturated rings. The van der Waals surface area contributed by atoms with Crippen LogP contribution in [0, 0.1) is 0 Å². The zero-order chi connectivity index (χ0) is 16.9. The lowest BCUT2D eigenvalue weighted by Crippen LogP contribution is -2.46. The highest BCUT2D eigenvalue weighted by atomic mass is 16.6. The number of ether oxygens (including phenoxy) is 1. The first-order chi connectivity index (χ1) is 11.7. The summed E-state index contributed by atoms with van der Waals surface area (Å²) in [5, 5.41) is 2.99. The smallest absolute Gasteiger partial charge is 0.409 e. The minimum absolute atomic E-state index is 0.0285. The molecule has 0 saturated carbocycles. The van der Waals surface area contributed by atoms with Crippen molar-refractivity contribution >= 4 is 23.2 Å². The normalized spacial score (nSPS) is 15.3. The molecule has 0 bridgehead atoms. The Kier molecular flexibility index (Phi) is 4.83. The van der Waals surface area contributed by atoms with Gasteiger partial charge in [0, 0.05) is 37.7 Å². The lowest BCUT2D eigenvalue weighted by Gasteiger charge is -2.31. The first kappa shape index (κ1) is 16.1. The van der Waals surface area contributed by atoms with Gasteiger partial charge in [-0.15, -0.1) is 0 Å². The molecule has 0 unspecified atom stereocenters. The molecule has 2 amide bonds. The van der Waals surface area contributed by atoms with Crippen molar-refractivity contribution in [2.24, 2.45) is 0 Å². The summed E-state index contributed by atoms with van der Waals surface area (Å²) in [5.74, 6) is -0.190. The molecule has 0 aliphatic carbocycles. The Balaban J connectivity index is 1.58. The standard InChI is InChI=1S/C16H19N5O3/c1-2-24-16(23)21-7-3-12(4-8-21)20-15(22)11-9-13-14(19-10-11)18-6-5-17-13/h5-6,9-10,12H,2-4,7-8H2,1H3,(H,20,22). The summed E-state index contributed by atoms with van der Waals surface area (Å²) < 4.78 is 4.99. The van der Waals surface area contributed by atoms with Crippen LogP contribution in [0.4, 0.5) is 4.79 Å². The van der Waals surface area contributed by atoms with Crippen molar-refractivity contribution in [3.8, 4) is 0 Å². The monoisotopic (exact) mass is 329 g/mol. The number of nitrogens with one attached hydrogen (secondary N) is 1. The Bertz CT molecular complexity index is 743. The van der Waals surface area contributed by atoms with Gasteiger partial charge in [-0.3, -0.25) is 9.78 Å². The second kappa shape index (κ2) is 7.20. The van der Waals surface area contributed by atoms with Gasteiger partial charge in [0.1, 0.15) is 5.52 Å². The topological polar surface area (TPSA) is 97.3 Å². The SMILES string of the molecule is CCOC(=O)N1CCC(NC(=O)c2cnc3nccnc3c2)CC1. The molecule has 2 aromatic heterocycles. The van der Waals surface area contributed by atoms with Gasteiger partial charge in [-0.1, -0.05) is 0 Å². The molecule has 0 spiro atoms. The maximum Gasteiger partial charge on any atom is 0.409 e. The Labute approximate surface area is 139 Å². The molecular weight excluding hydrogens is 310 g/mol. The fourth-order valence-corrected chi connectivity index (χ4v) is 2.67. The number of amides is 2. The number of fused-ring (bicyclic) bond motifs is 1. The summed E-state index contributed by atoms with van der Waals surface area (Å²) >= 11 is 0. The van der Waals surface area contributed by atoms with Gasteiger partial charge in [0.25, 0.3) is 5.91 Å². The number of aromatic nitrogens is 3. The Morgan fingerprint density at radius 1 is 1.25 bits per heavy atom. The van der Waals surface area contributed by atoms with Gasteiger partial charge in [-0.25, -0.2) is 14.8 Å². The molecule has 1 aliphatic heterocycles. The molecule has 0 radical (unpaired) electrons. The lowest BCUT2D eigenvalue weighted by molar-refractivity contribution is 0.0860. The summed E-state index contributed by atoms with van der Waals surface area (Å²) in [7, 11) is 0. The maximum absolute atomic E-state index is 12.4. The van der Waals surface area contributed by atoms with Gasteiger partial charge in [0.15, 0.2) is 5.65 Å². The molecule has 1 saturated heterocycles. The minimum Gasteiger partial charge on any atom is -0.450 e. The molecule has 24 heavy (non-hydrogen) atoms. The van der Waals surface area contributed by atoms with Gasteiger partial charge in [0.2, 0.25) is 0 Å². The van der Waals surface area contributed by atoms with Gasteiger partial charge < -0.3 is 15.0 Å². The Morgan fingerprint density at radius 2 is 2.00 bits per heavy atom. The number of nitrogens with zero attached hydrogens (tertiary/aromatic N) is 4. The average Bonchev–Trinajstić information content (AvgIpc) is 2.62. The second-order valence-electron chi connectivity index (χ2n) is 5.56. The first-order valence-electron chi connectivity index (χ1n) is 7.96. The van der Waals surface area contributed by atoms with Crippen LogP contribution in [0.25, 0.3) is 11.2 Å². The van der Waals surface area contributed by atoms with E-state index < -0.39 is 0 Å². The van der Waals surface area contributed by atoms with E-state index >= 15 is 0 Å². The number of hydrogen-bond donors (Lipinski definition) is 1. The van der Waals surface area contributed by atoms with Gasteiger partial charge in [0.05, 0.1) is 12.2 Å². The molecule has 3 rings (SSSR count). The molecule has 0 atom stereocenters. The Morgan fingerprint density at radius 3 is 2.75 bits per heavy atom. The van der Waals surface area contributed by atoms with E-state index in [1.165, 1.54) is 6.20 Å². The quantitative estimate of drug-likeness (QED) is 0.913. The summed E-state index contributed by atoms with van der Waals surface area (Å²) in [6.45, 7) is 3.30. The largest absolute Gasteiger partial charge is 0.450 e. The third kappa shape index (κ3) is 3.58. The van der Waals surface area contributed by atoms with Crippen molar-refractivity contribution < 1.29 is 14.3 Å². The molecule has 3 heterocycles. The molecule has 1 N–H and O–H groups in total. The van der Waals surface area contributed by atoms with E-state index in [0.29, 0.717) is 49.3 Å². The molecule has 126 valence electrons. The highest BCUT2D eigenvalue weighted by Gasteiger charge is 2.24. The van der Waals surface area contributed by atoms with E-state index in [1.807, 2.05) is 0 Å². The third-order valence-corrected chi connectivity index (χ3v) is 3.94. The van der Waals surface area contributed by atoms with E-state index in [4.69, 9.17) is 4.74 Å². The zero-order valence-electron chi connectivity index (χ0n) is 13.4. The zero-order valence-corrected chi connectivity index (χ0v) is 13.4. The van der Waals surface area contributed by atoms with Crippen molar-refractivity contribution in [1.29, 1.82) is 0 Å². The first-order valence-corrected chi connectivity index (χ1v) is 7.96. The third-order valence-electron chi connectivity index (χ3n) is 3.94. The van der Waals surface area contributed by atoms with Crippen LogP contribution in [0.15, 0.2) is 24.7 Å². The van der Waals surface area contributed by atoms with E-state index in [-0.39, 0.29) is 18.0 Å². The predicted octanol–water partition coefficient (Wildman–Crippen LogP) is 1.38. The van der Waals surface area contributed by atoms with E-state index in [1.54, 1.807) is 30.3 Å². The number of carbonyl (C=O) groups is 2. The van der Waals surface area contributed by atoms with Crippen LogP contribution < -0.4 is 5.32 Å². The molecular formula is C16H19N5O3. The number of pyridine rings is 1. The van der Waals surface area contributed by atoms with Crippen LogP contribution in [-0.2, 0) is 4.74 Å². The molecule has 2 aromatic rings. The van der Waals surface area contributed by atoms with Crippen LogP contribution in [0.3, 0.4) is 0 Å². The van der Waals surface area contributed by atoms with Gasteiger partial charge >= 0.3 is 6.09 Å². The predicted molar refractivity (Wildman–Crippen MR) is 86.4 cm³/mol. The van der Waals surface area contributed by atoms with Crippen molar-refractivity contribution in [2.45, 2.75) is 25.8 Å². The van der Waals surface area contributed by atoms with Crippen LogP contribution >= 0.6 is 0 Å². The van der Waals surface area contributed by atoms with E-state index in [9.17, 15) is 9.59 Å². The van der Waals surface area contributed by atoms with Gasteiger partial charge in [-0.05, 0) is 25.8 Å². The average molecular weight is 329 g/mol. The van der Waals surface area contributed by atoms with Crippen molar-refractivity contribution in [2.75, 3.05) is 19.7 Å². The van der Waals surface area contributed by atoms with Gasteiger partial charge in [-0.2, -0.15) is 0 Å².